The molecule has 1 rings (SSSR count). The van der Waals surface area contributed by atoms with Gasteiger partial charge in [0.2, 0.25) is 0 Å². The Morgan fingerprint density at radius 1 is 1.67 bits per heavy atom. The summed E-state index contributed by atoms with van der Waals surface area (Å²) in [6.45, 7) is 3.83. The van der Waals surface area contributed by atoms with Gasteiger partial charge < -0.3 is 9.94 Å². The molecule has 1 saturated carbocycles. The lowest BCUT2D eigenvalue weighted by molar-refractivity contribution is -0.139. The van der Waals surface area contributed by atoms with E-state index in [4.69, 9.17) is 5.11 Å². The van der Waals surface area contributed by atoms with E-state index in [1.54, 1.807) is 6.21 Å². The summed E-state index contributed by atoms with van der Waals surface area (Å²) in [5, 5.41) is 12.3. The van der Waals surface area contributed by atoms with Crippen LogP contribution < -0.4 is 0 Å². The van der Waals surface area contributed by atoms with E-state index in [1.807, 2.05) is 13.8 Å². The first-order chi connectivity index (χ1) is 5.51. The Bertz CT molecular complexity index is 222. The van der Waals surface area contributed by atoms with Crippen molar-refractivity contribution in [2.45, 2.75) is 13.8 Å². The van der Waals surface area contributed by atoms with Crippen molar-refractivity contribution in [3.63, 3.8) is 0 Å². The molecule has 0 spiro atoms. The van der Waals surface area contributed by atoms with Gasteiger partial charge in [0.05, 0.1) is 5.92 Å². The van der Waals surface area contributed by atoms with Gasteiger partial charge in [0, 0.05) is 12.1 Å². The van der Waals surface area contributed by atoms with Gasteiger partial charge in [0.25, 0.3) is 0 Å². The van der Waals surface area contributed by atoms with Gasteiger partial charge in [-0.2, -0.15) is 0 Å². The minimum Gasteiger partial charge on any atom is -0.481 e. The van der Waals surface area contributed by atoms with E-state index in [9.17, 15) is 4.79 Å². The van der Waals surface area contributed by atoms with Gasteiger partial charge in [-0.1, -0.05) is 19.0 Å². The minimum absolute atomic E-state index is 0.00921. The number of nitrogens with zero attached hydrogens (tertiary/aromatic N) is 1. The van der Waals surface area contributed by atoms with Crippen molar-refractivity contribution in [1.82, 2.24) is 0 Å². The fourth-order valence-electron chi connectivity index (χ4n) is 1.55. The normalized spacial score (nSPS) is 31.9. The predicted octanol–water partition coefficient (Wildman–Crippen LogP) is 0.975. The van der Waals surface area contributed by atoms with Crippen LogP contribution in [0.4, 0.5) is 0 Å². The van der Waals surface area contributed by atoms with Crippen LogP contribution in [0.2, 0.25) is 0 Å². The summed E-state index contributed by atoms with van der Waals surface area (Å²) in [7, 11) is 1.45. The molecule has 1 aliphatic carbocycles. The summed E-state index contributed by atoms with van der Waals surface area (Å²) in [5.74, 6) is -1.06. The molecule has 1 N–H and O–H groups in total. The standard InChI is InChI=1S/C8H13NO3/c1-8(2)5(4-9-12-3)6(8)7(10)11/h4-6H,1-3H3,(H,10,11)/b9-4-/t5-,6-/m0/s1. The van der Waals surface area contributed by atoms with Crippen molar-refractivity contribution in [3.8, 4) is 0 Å². The molecule has 0 heterocycles. The van der Waals surface area contributed by atoms with Crippen molar-refractivity contribution < 1.29 is 14.7 Å². The molecule has 0 unspecified atom stereocenters. The van der Waals surface area contributed by atoms with Gasteiger partial charge in [0.1, 0.15) is 7.11 Å². The van der Waals surface area contributed by atoms with Gasteiger partial charge in [-0.15, -0.1) is 0 Å². The Balaban J connectivity index is 2.60. The van der Waals surface area contributed by atoms with Crippen LogP contribution in [0.5, 0.6) is 0 Å². The molecule has 0 saturated heterocycles. The van der Waals surface area contributed by atoms with E-state index in [0.29, 0.717) is 0 Å². The third kappa shape index (κ3) is 1.29. The van der Waals surface area contributed by atoms with Crippen molar-refractivity contribution in [2.75, 3.05) is 7.11 Å². The largest absolute Gasteiger partial charge is 0.481 e. The summed E-state index contributed by atoms with van der Waals surface area (Å²) in [6, 6.07) is 0. The van der Waals surface area contributed by atoms with Crippen molar-refractivity contribution in [3.05, 3.63) is 0 Å². The van der Waals surface area contributed by atoms with Crippen LogP contribution in [0.3, 0.4) is 0 Å². The predicted molar refractivity (Wildman–Crippen MR) is 43.9 cm³/mol. The summed E-state index contributed by atoms with van der Waals surface area (Å²) in [4.78, 5) is 15.1. The van der Waals surface area contributed by atoms with Crippen LogP contribution >= 0.6 is 0 Å². The zero-order valence-electron chi connectivity index (χ0n) is 7.44. The second-order valence-electron chi connectivity index (χ2n) is 3.60. The Labute approximate surface area is 71.2 Å². The Kier molecular flexibility index (Phi) is 2.08. The number of aliphatic carboxylic acids is 1. The van der Waals surface area contributed by atoms with Crippen molar-refractivity contribution in [2.24, 2.45) is 22.4 Å². The molecule has 0 radical (unpaired) electrons. The summed E-state index contributed by atoms with van der Waals surface area (Å²) in [6.07, 6.45) is 1.57. The van der Waals surface area contributed by atoms with E-state index >= 15 is 0 Å². The van der Waals surface area contributed by atoms with Crippen LogP contribution in [0, 0.1) is 17.3 Å². The Morgan fingerprint density at radius 2 is 2.25 bits per heavy atom. The number of carboxylic acids is 1. The molecule has 4 nitrogen and oxygen atoms in total. The molecule has 12 heavy (non-hydrogen) atoms. The quantitative estimate of drug-likeness (QED) is 0.508. The first-order valence-corrected chi connectivity index (χ1v) is 3.81. The maximum Gasteiger partial charge on any atom is 0.307 e. The topological polar surface area (TPSA) is 58.9 Å². The SMILES string of the molecule is CO/N=C\[C@H]1[C@@H](C(=O)O)C1(C)C. The van der Waals surface area contributed by atoms with Crippen LogP contribution in [0.25, 0.3) is 0 Å². The van der Waals surface area contributed by atoms with Gasteiger partial charge in [-0.25, -0.2) is 0 Å². The lowest BCUT2D eigenvalue weighted by atomic mass is 10.1. The number of oxime groups is 1. The molecule has 0 aromatic carbocycles. The molecule has 1 fully saturated rings. The van der Waals surface area contributed by atoms with E-state index in [2.05, 4.69) is 9.99 Å². The third-order valence-corrected chi connectivity index (χ3v) is 2.50. The molecular formula is C8H13NO3. The zero-order valence-corrected chi connectivity index (χ0v) is 7.44. The van der Waals surface area contributed by atoms with E-state index in [-0.39, 0.29) is 17.3 Å². The number of carbonyl (C=O) groups is 1. The fourth-order valence-corrected chi connectivity index (χ4v) is 1.55. The van der Waals surface area contributed by atoms with Gasteiger partial charge in [-0.05, 0) is 5.41 Å². The van der Waals surface area contributed by atoms with E-state index < -0.39 is 5.97 Å². The highest BCUT2D eigenvalue weighted by Crippen LogP contribution is 2.57. The highest BCUT2D eigenvalue weighted by atomic mass is 16.6. The molecule has 0 aromatic heterocycles. The first kappa shape index (κ1) is 9.03. The summed E-state index contributed by atoms with van der Waals surface area (Å²) >= 11 is 0. The molecule has 0 aliphatic heterocycles. The van der Waals surface area contributed by atoms with E-state index in [1.165, 1.54) is 7.11 Å². The molecule has 4 heteroatoms. The summed E-state index contributed by atoms with van der Waals surface area (Å²) < 4.78 is 0. The monoisotopic (exact) mass is 171 g/mol. The van der Waals surface area contributed by atoms with Crippen LogP contribution in [0.15, 0.2) is 5.16 Å². The van der Waals surface area contributed by atoms with E-state index in [0.717, 1.165) is 0 Å². The lowest BCUT2D eigenvalue weighted by Crippen LogP contribution is -2.03. The smallest absolute Gasteiger partial charge is 0.307 e. The fraction of sp³-hybridized carbons (Fsp3) is 0.750. The summed E-state index contributed by atoms with van der Waals surface area (Å²) in [5.41, 5.74) is -0.173. The Hall–Kier alpha value is -1.06. The lowest BCUT2D eigenvalue weighted by Gasteiger charge is -1.95. The molecule has 0 aromatic rings. The molecular weight excluding hydrogens is 158 g/mol. The number of rotatable bonds is 3. The molecule has 1 aliphatic rings. The van der Waals surface area contributed by atoms with Gasteiger partial charge in [-0.3, -0.25) is 4.79 Å². The minimum atomic E-state index is -0.757. The Morgan fingerprint density at radius 3 is 2.58 bits per heavy atom. The molecule has 2 atom stereocenters. The highest BCUT2D eigenvalue weighted by Gasteiger charge is 2.61. The molecule has 68 valence electrons. The molecule has 0 amide bonds. The first-order valence-electron chi connectivity index (χ1n) is 3.81. The van der Waals surface area contributed by atoms with Crippen LogP contribution in [-0.2, 0) is 9.63 Å². The maximum atomic E-state index is 10.6. The average Bonchev–Trinajstić information content (AvgIpc) is 2.49. The number of hydrogen-bond acceptors (Lipinski definition) is 3. The van der Waals surface area contributed by atoms with Crippen molar-refractivity contribution >= 4 is 12.2 Å². The second-order valence-corrected chi connectivity index (χ2v) is 3.60. The van der Waals surface area contributed by atoms with Crippen molar-refractivity contribution in [1.29, 1.82) is 0 Å². The third-order valence-electron chi connectivity index (χ3n) is 2.50. The van der Waals surface area contributed by atoms with Crippen LogP contribution in [-0.4, -0.2) is 24.4 Å². The number of hydrogen-bond donors (Lipinski definition) is 1. The highest BCUT2D eigenvalue weighted by molar-refractivity contribution is 5.84. The average molecular weight is 171 g/mol. The van der Waals surface area contributed by atoms with Crippen LogP contribution in [0.1, 0.15) is 13.8 Å². The van der Waals surface area contributed by atoms with Gasteiger partial charge in [0.15, 0.2) is 0 Å². The zero-order chi connectivity index (χ0) is 9.35. The van der Waals surface area contributed by atoms with Gasteiger partial charge >= 0.3 is 5.97 Å². The maximum absolute atomic E-state index is 10.6. The molecule has 0 bridgehead atoms. The second kappa shape index (κ2) is 2.77. The number of carboxylic acid groups (broad SMARTS) is 1.